The molecule has 0 bridgehead atoms. The highest BCUT2D eigenvalue weighted by atomic mass is 35.5. The van der Waals surface area contributed by atoms with Gasteiger partial charge in [-0.25, -0.2) is 0 Å². The largest absolute Gasteiger partial charge is 0.493 e. The predicted molar refractivity (Wildman–Crippen MR) is 80.8 cm³/mol. The molecule has 0 saturated carbocycles. The number of ether oxygens (including phenoxy) is 2. The summed E-state index contributed by atoms with van der Waals surface area (Å²) in [6.07, 6.45) is 1.17. The number of alkyl halides is 1. The molecule has 112 valence electrons. The van der Waals surface area contributed by atoms with Gasteiger partial charge in [-0.05, 0) is 31.0 Å². The first-order chi connectivity index (χ1) is 9.65. The fourth-order valence-electron chi connectivity index (χ4n) is 1.99. The summed E-state index contributed by atoms with van der Waals surface area (Å²) in [5.41, 5.74) is 0.914. The minimum Gasteiger partial charge on any atom is -0.493 e. The van der Waals surface area contributed by atoms with Crippen molar-refractivity contribution < 1.29 is 14.3 Å². The zero-order valence-electron chi connectivity index (χ0n) is 12.3. The summed E-state index contributed by atoms with van der Waals surface area (Å²) in [5, 5.41) is 0. The van der Waals surface area contributed by atoms with Crippen LogP contribution in [0, 0.1) is 0 Å². The quantitative estimate of drug-likeness (QED) is 0.693. The molecule has 0 aliphatic heterocycles. The SMILES string of the molecule is CCN(CCCCl)C(=O)Cc1ccc(OC)c(OC)c1. The van der Waals surface area contributed by atoms with Crippen LogP contribution in [0.25, 0.3) is 0 Å². The Morgan fingerprint density at radius 2 is 1.95 bits per heavy atom. The number of hydrogen-bond donors (Lipinski definition) is 0. The molecule has 4 nitrogen and oxygen atoms in total. The fraction of sp³-hybridized carbons (Fsp3) is 0.533. The number of amides is 1. The number of methoxy groups -OCH3 is 2. The van der Waals surface area contributed by atoms with E-state index in [9.17, 15) is 4.79 Å². The first kappa shape index (κ1) is 16.6. The lowest BCUT2D eigenvalue weighted by atomic mass is 10.1. The molecule has 0 heterocycles. The Hall–Kier alpha value is -1.42. The normalized spacial score (nSPS) is 10.2. The second-order valence-electron chi connectivity index (χ2n) is 4.38. The van der Waals surface area contributed by atoms with E-state index in [4.69, 9.17) is 21.1 Å². The standard InChI is InChI=1S/C15H22ClNO3/c1-4-17(9-5-8-16)15(18)11-12-6-7-13(19-2)14(10-12)20-3/h6-7,10H,4-5,8-9,11H2,1-3H3. The van der Waals surface area contributed by atoms with Crippen LogP contribution >= 0.6 is 11.6 Å². The van der Waals surface area contributed by atoms with Gasteiger partial charge < -0.3 is 14.4 Å². The number of nitrogens with zero attached hydrogens (tertiary/aromatic N) is 1. The molecule has 1 rings (SSSR count). The van der Waals surface area contributed by atoms with E-state index < -0.39 is 0 Å². The second-order valence-corrected chi connectivity index (χ2v) is 4.76. The topological polar surface area (TPSA) is 38.8 Å². The van der Waals surface area contributed by atoms with Gasteiger partial charge in [-0.15, -0.1) is 11.6 Å². The van der Waals surface area contributed by atoms with Crippen LogP contribution in [0.15, 0.2) is 18.2 Å². The van der Waals surface area contributed by atoms with Crippen molar-refractivity contribution in [1.82, 2.24) is 4.90 Å². The second kappa shape index (κ2) is 8.69. The molecule has 5 heteroatoms. The molecule has 0 radical (unpaired) electrons. The molecule has 0 N–H and O–H groups in total. The lowest BCUT2D eigenvalue weighted by Gasteiger charge is -2.20. The van der Waals surface area contributed by atoms with Gasteiger partial charge in [0, 0.05) is 19.0 Å². The maximum absolute atomic E-state index is 12.2. The van der Waals surface area contributed by atoms with E-state index in [2.05, 4.69) is 0 Å². The maximum atomic E-state index is 12.2. The molecule has 0 unspecified atom stereocenters. The Bertz CT molecular complexity index is 437. The fourth-order valence-corrected chi connectivity index (χ4v) is 2.11. The van der Waals surface area contributed by atoms with E-state index in [0.29, 0.717) is 36.9 Å². The van der Waals surface area contributed by atoms with Gasteiger partial charge in [0.1, 0.15) is 0 Å². The Morgan fingerprint density at radius 1 is 1.25 bits per heavy atom. The summed E-state index contributed by atoms with van der Waals surface area (Å²) in [4.78, 5) is 14.0. The summed E-state index contributed by atoms with van der Waals surface area (Å²) in [7, 11) is 3.18. The molecule has 1 aromatic rings. The van der Waals surface area contributed by atoms with Crippen molar-refractivity contribution in [2.24, 2.45) is 0 Å². The summed E-state index contributed by atoms with van der Waals surface area (Å²) in [6.45, 7) is 3.37. The first-order valence-corrected chi connectivity index (χ1v) is 7.24. The highest BCUT2D eigenvalue weighted by Crippen LogP contribution is 2.27. The number of halogens is 1. The zero-order chi connectivity index (χ0) is 15.0. The van der Waals surface area contributed by atoms with Crippen LogP contribution in [0.1, 0.15) is 18.9 Å². The van der Waals surface area contributed by atoms with Crippen LogP contribution in [0.3, 0.4) is 0 Å². The lowest BCUT2D eigenvalue weighted by Crippen LogP contribution is -2.33. The first-order valence-electron chi connectivity index (χ1n) is 6.70. The molecule has 20 heavy (non-hydrogen) atoms. The van der Waals surface area contributed by atoms with Crippen molar-refractivity contribution >= 4 is 17.5 Å². The Balaban J connectivity index is 2.74. The molecule has 0 fully saturated rings. The van der Waals surface area contributed by atoms with Crippen LogP contribution < -0.4 is 9.47 Å². The van der Waals surface area contributed by atoms with Gasteiger partial charge in [0.05, 0.1) is 20.6 Å². The van der Waals surface area contributed by atoms with Crippen molar-refractivity contribution in [3.05, 3.63) is 23.8 Å². The Kier molecular flexibility index (Phi) is 7.23. The van der Waals surface area contributed by atoms with Gasteiger partial charge in [-0.2, -0.15) is 0 Å². The Labute approximate surface area is 125 Å². The van der Waals surface area contributed by atoms with Gasteiger partial charge in [-0.3, -0.25) is 4.79 Å². The average Bonchev–Trinajstić information content (AvgIpc) is 2.47. The maximum Gasteiger partial charge on any atom is 0.226 e. The third kappa shape index (κ3) is 4.60. The molecule has 0 saturated heterocycles. The molecule has 0 aromatic heterocycles. The average molecular weight is 300 g/mol. The van der Waals surface area contributed by atoms with Crippen molar-refractivity contribution in [1.29, 1.82) is 0 Å². The summed E-state index contributed by atoms with van der Waals surface area (Å²) < 4.78 is 10.4. The molecule has 0 aliphatic rings. The van der Waals surface area contributed by atoms with Crippen molar-refractivity contribution in [3.8, 4) is 11.5 Å². The van der Waals surface area contributed by atoms with Crippen LogP contribution in [0.2, 0.25) is 0 Å². The number of carbonyl (C=O) groups is 1. The van der Waals surface area contributed by atoms with E-state index in [1.54, 1.807) is 14.2 Å². The highest BCUT2D eigenvalue weighted by molar-refractivity contribution is 6.17. The summed E-state index contributed by atoms with van der Waals surface area (Å²) in [6, 6.07) is 5.54. The van der Waals surface area contributed by atoms with E-state index in [0.717, 1.165) is 12.0 Å². The van der Waals surface area contributed by atoms with Crippen molar-refractivity contribution in [3.63, 3.8) is 0 Å². The summed E-state index contributed by atoms with van der Waals surface area (Å²) in [5.74, 6) is 1.98. The Morgan fingerprint density at radius 3 is 2.50 bits per heavy atom. The van der Waals surface area contributed by atoms with Crippen LogP contribution in [-0.2, 0) is 11.2 Å². The molecular formula is C15H22ClNO3. The number of likely N-dealkylation sites (N-methyl/N-ethyl adjacent to an activating group) is 1. The van der Waals surface area contributed by atoms with Gasteiger partial charge in [0.2, 0.25) is 5.91 Å². The number of hydrogen-bond acceptors (Lipinski definition) is 3. The smallest absolute Gasteiger partial charge is 0.226 e. The molecule has 0 atom stereocenters. The molecule has 1 aromatic carbocycles. The van der Waals surface area contributed by atoms with Crippen molar-refractivity contribution in [2.75, 3.05) is 33.2 Å². The van der Waals surface area contributed by atoms with Gasteiger partial charge >= 0.3 is 0 Å². The van der Waals surface area contributed by atoms with Crippen LogP contribution in [0.5, 0.6) is 11.5 Å². The van der Waals surface area contributed by atoms with E-state index in [-0.39, 0.29) is 5.91 Å². The summed E-state index contributed by atoms with van der Waals surface area (Å²) >= 11 is 5.67. The number of benzene rings is 1. The van der Waals surface area contributed by atoms with E-state index >= 15 is 0 Å². The van der Waals surface area contributed by atoms with Gasteiger partial charge in [0.25, 0.3) is 0 Å². The van der Waals surface area contributed by atoms with Crippen LogP contribution in [-0.4, -0.2) is 44.0 Å². The minimum atomic E-state index is 0.102. The lowest BCUT2D eigenvalue weighted by molar-refractivity contribution is -0.130. The predicted octanol–water partition coefficient (Wildman–Crippen LogP) is 2.72. The minimum absolute atomic E-state index is 0.102. The molecule has 0 aliphatic carbocycles. The van der Waals surface area contributed by atoms with E-state index in [1.807, 2.05) is 30.0 Å². The van der Waals surface area contributed by atoms with Crippen LogP contribution in [0.4, 0.5) is 0 Å². The number of rotatable bonds is 8. The highest BCUT2D eigenvalue weighted by Gasteiger charge is 2.13. The molecule has 1 amide bonds. The van der Waals surface area contributed by atoms with E-state index in [1.165, 1.54) is 0 Å². The third-order valence-corrected chi connectivity index (χ3v) is 3.37. The zero-order valence-corrected chi connectivity index (χ0v) is 13.1. The monoisotopic (exact) mass is 299 g/mol. The van der Waals surface area contributed by atoms with Gasteiger partial charge in [0.15, 0.2) is 11.5 Å². The molecular weight excluding hydrogens is 278 g/mol. The third-order valence-electron chi connectivity index (χ3n) is 3.10. The van der Waals surface area contributed by atoms with Gasteiger partial charge in [-0.1, -0.05) is 6.07 Å². The number of carbonyl (C=O) groups excluding carboxylic acids is 1. The van der Waals surface area contributed by atoms with Crippen molar-refractivity contribution in [2.45, 2.75) is 19.8 Å². The molecule has 0 spiro atoms.